The minimum absolute atomic E-state index is 0.230. The number of halogens is 3. The van der Waals surface area contributed by atoms with Crippen LogP contribution in [0.1, 0.15) is 20.8 Å². The van der Waals surface area contributed by atoms with Crippen LogP contribution in [0.3, 0.4) is 0 Å². The molecule has 0 aliphatic heterocycles. The fourth-order valence-electron chi connectivity index (χ4n) is 1.55. The lowest BCUT2D eigenvalue weighted by Gasteiger charge is -2.36. The van der Waals surface area contributed by atoms with Crippen LogP contribution >= 0.6 is 11.3 Å². The van der Waals surface area contributed by atoms with Gasteiger partial charge in [0.05, 0.1) is 5.39 Å². The number of hydrogen-bond acceptors (Lipinski definition) is 4. The van der Waals surface area contributed by atoms with Crippen LogP contribution in [0.2, 0.25) is 18.1 Å². The highest BCUT2D eigenvalue weighted by molar-refractivity contribution is 7.86. The van der Waals surface area contributed by atoms with E-state index in [-0.39, 0.29) is 5.04 Å². The lowest BCUT2D eigenvalue weighted by molar-refractivity contribution is -0.0517. The maximum atomic E-state index is 10.7. The van der Waals surface area contributed by atoms with Crippen molar-refractivity contribution in [2.24, 2.45) is 0 Å². The molecule has 0 aliphatic carbocycles. The van der Waals surface area contributed by atoms with Gasteiger partial charge in [0.15, 0.2) is 15.5 Å². The number of alkyl halides is 3. The molecule has 0 atom stereocenters. The summed E-state index contributed by atoms with van der Waals surface area (Å²) >= 11 is 1.76. The van der Waals surface area contributed by atoms with Crippen molar-refractivity contribution in [3.8, 4) is 5.75 Å². The molecule has 10 heteroatoms. The summed E-state index contributed by atoms with van der Waals surface area (Å²) in [6, 6.07) is 10.6. The first kappa shape index (κ1) is 22.8. The van der Waals surface area contributed by atoms with E-state index in [4.69, 9.17) is 17.4 Å². The molecule has 0 bridgehead atoms. The standard InChI is InChI=1S/C15H21OSSi.CHF3O3S/c1-15(2,3)18(4,5)16-13-10-11-17-14-9-7-6-8-12(13)14;2-1(3,4)8(5,6)7/h6-11H,1-5H3;(H,5,6,7)/q+1;/p-1. The van der Waals surface area contributed by atoms with Crippen molar-refractivity contribution in [2.45, 2.75) is 44.4 Å². The maximum absolute atomic E-state index is 10.7. The topological polar surface area (TPSA) is 66.4 Å². The fourth-order valence-corrected chi connectivity index (χ4v) is 3.37. The van der Waals surface area contributed by atoms with E-state index in [0.717, 1.165) is 5.75 Å². The number of fused-ring (bicyclic) bond motifs is 1. The molecule has 0 saturated carbocycles. The molecule has 0 saturated heterocycles. The van der Waals surface area contributed by atoms with E-state index in [2.05, 4.69) is 69.6 Å². The van der Waals surface area contributed by atoms with E-state index in [1.807, 2.05) is 0 Å². The first-order chi connectivity index (χ1) is 11.6. The Bertz CT molecular complexity index is 854. The van der Waals surface area contributed by atoms with Crippen LogP contribution < -0.4 is 4.43 Å². The van der Waals surface area contributed by atoms with E-state index in [0.29, 0.717) is 0 Å². The zero-order valence-electron chi connectivity index (χ0n) is 15.0. The third-order valence-corrected chi connectivity index (χ3v) is 9.81. The van der Waals surface area contributed by atoms with Crippen molar-refractivity contribution >= 4 is 39.9 Å². The van der Waals surface area contributed by atoms with E-state index in [9.17, 15) is 13.2 Å². The molecule has 1 aromatic heterocycles. The highest BCUT2D eigenvalue weighted by atomic mass is 32.2. The van der Waals surface area contributed by atoms with Gasteiger partial charge in [0, 0.05) is 12.1 Å². The van der Waals surface area contributed by atoms with Gasteiger partial charge in [0.25, 0.3) is 8.32 Å². The van der Waals surface area contributed by atoms with Gasteiger partial charge in [-0.2, -0.15) is 13.2 Å². The predicted molar refractivity (Wildman–Crippen MR) is 99.8 cm³/mol. The predicted octanol–water partition coefficient (Wildman–Crippen LogP) is 5.62. The van der Waals surface area contributed by atoms with Gasteiger partial charge in [-0.15, -0.1) is 0 Å². The van der Waals surface area contributed by atoms with Crippen molar-refractivity contribution < 1.29 is 30.6 Å². The van der Waals surface area contributed by atoms with Crippen molar-refractivity contribution in [2.75, 3.05) is 0 Å². The smallest absolute Gasteiger partial charge is 0.485 e. The summed E-state index contributed by atoms with van der Waals surface area (Å²) in [5.41, 5.74) is -5.65. The van der Waals surface area contributed by atoms with E-state index in [1.54, 1.807) is 11.3 Å². The quantitative estimate of drug-likeness (QED) is 0.271. The summed E-state index contributed by atoms with van der Waals surface area (Å²) in [5, 5.41) is 3.58. The van der Waals surface area contributed by atoms with Gasteiger partial charge >= 0.3 is 5.51 Å². The van der Waals surface area contributed by atoms with Gasteiger partial charge in [-0.1, -0.05) is 32.9 Å². The van der Waals surface area contributed by atoms with Crippen LogP contribution in [-0.4, -0.2) is 26.8 Å². The Balaban J connectivity index is 0.000000359. The monoisotopic (exact) mass is 426 g/mol. The third kappa shape index (κ3) is 5.90. The van der Waals surface area contributed by atoms with Crippen molar-refractivity contribution in [3.63, 3.8) is 0 Å². The zero-order valence-corrected chi connectivity index (χ0v) is 17.7. The molecule has 4 nitrogen and oxygen atoms in total. The number of hydrogen-bond donors (Lipinski definition) is 0. The summed E-state index contributed by atoms with van der Waals surface area (Å²) in [7, 11) is -7.85. The van der Waals surface area contributed by atoms with Crippen LogP contribution in [0.15, 0.2) is 35.7 Å². The van der Waals surface area contributed by atoms with Crippen LogP contribution in [0.4, 0.5) is 13.2 Å². The van der Waals surface area contributed by atoms with Crippen LogP contribution in [0.25, 0.3) is 10.1 Å². The van der Waals surface area contributed by atoms with Crippen LogP contribution in [0, 0.1) is 0 Å². The molecule has 0 fully saturated rings. The average Bonchev–Trinajstić information content (AvgIpc) is 2.44. The van der Waals surface area contributed by atoms with Gasteiger partial charge in [0.2, 0.25) is 16.0 Å². The zero-order chi connectivity index (χ0) is 20.4. The van der Waals surface area contributed by atoms with E-state index < -0.39 is 23.9 Å². The fraction of sp³-hybridized carbons (Fsp3) is 0.438. The molecule has 0 radical (unpaired) electrons. The molecule has 146 valence electrons. The van der Waals surface area contributed by atoms with E-state index in [1.165, 1.54) is 10.1 Å². The largest absolute Gasteiger partial charge is 0.741 e. The number of rotatable bonds is 2. The molecular weight excluding hydrogens is 405 g/mol. The second-order valence-electron chi connectivity index (χ2n) is 7.04. The third-order valence-electron chi connectivity index (χ3n) is 4.02. The average molecular weight is 427 g/mol. The van der Waals surface area contributed by atoms with Gasteiger partial charge in [0.1, 0.15) is 5.75 Å². The highest BCUT2D eigenvalue weighted by Gasteiger charge is 2.39. The van der Waals surface area contributed by atoms with Crippen LogP contribution in [0.5, 0.6) is 5.75 Å². The summed E-state index contributed by atoms with van der Waals surface area (Å²) in [5.74, 6) is 1.04. The first-order valence-corrected chi connectivity index (χ1v) is 12.8. The van der Waals surface area contributed by atoms with Crippen LogP contribution in [-0.2, 0) is 10.1 Å². The van der Waals surface area contributed by atoms with Crippen molar-refractivity contribution in [3.05, 3.63) is 35.7 Å². The lowest BCUT2D eigenvalue weighted by atomic mass is 10.2. The molecule has 1 aromatic carbocycles. The van der Waals surface area contributed by atoms with Gasteiger partial charge < -0.3 is 8.98 Å². The van der Waals surface area contributed by atoms with Gasteiger partial charge in [-0.25, -0.2) is 8.42 Å². The Morgan fingerprint density at radius 1 is 1.08 bits per heavy atom. The Morgan fingerprint density at radius 2 is 1.58 bits per heavy atom. The summed E-state index contributed by atoms with van der Waals surface area (Å²) in [4.78, 5) is 0. The second-order valence-corrected chi connectivity index (χ2v) is 14.1. The molecule has 0 N–H and O–H groups in total. The summed E-state index contributed by atoms with van der Waals surface area (Å²) in [6.07, 6.45) is 0. The minimum atomic E-state index is -6.09. The molecule has 2 rings (SSSR count). The van der Waals surface area contributed by atoms with Gasteiger partial charge in [-0.05, 0) is 24.2 Å². The molecule has 0 spiro atoms. The maximum Gasteiger partial charge on any atom is 0.485 e. The minimum Gasteiger partial charge on any atom is -0.741 e. The molecule has 2 aromatic rings. The normalized spacial score (nSPS) is 13.1. The van der Waals surface area contributed by atoms with Crippen molar-refractivity contribution in [1.29, 1.82) is 0 Å². The first-order valence-electron chi connectivity index (χ1n) is 7.57. The Kier molecular flexibility index (Phi) is 6.83. The molecule has 0 aliphatic rings. The SMILES string of the molecule is CC(C)(C)[Si](C)(C)Oc1cc[s+]c2ccccc12.O=S(=O)([O-])C(F)(F)F. The molecule has 0 amide bonds. The summed E-state index contributed by atoms with van der Waals surface area (Å²) < 4.78 is 66.6. The Hall–Kier alpha value is -1.23. The Morgan fingerprint density at radius 3 is 2.04 bits per heavy atom. The second kappa shape index (κ2) is 7.79. The lowest BCUT2D eigenvalue weighted by Crippen LogP contribution is -2.43. The van der Waals surface area contributed by atoms with Crippen molar-refractivity contribution in [1.82, 2.24) is 0 Å². The molecule has 0 unspecified atom stereocenters. The molecule has 26 heavy (non-hydrogen) atoms. The molecule has 1 heterocycles. The summed E-state index contributed by atoms with van der Waals surface area (Å²) in [6.45, 7) is 11.4. The Labute approximate surface area is 156 Å². The molecular formula is C16H21F3O4S2Si. The number of benzene rings is 1. The highest BCUT2D eigenvalue weighted by Crippen LogP contribution is 2.39. The van der Waals surface area contributed by atoms with E-state index >= 15 is 0 Å². The van der Waals surface area contributed by atoms with Gasteiger partial charge in [-0.3, -0.25) is 0 Å².